The van der Waals surface area contributed by atoms with Gasteiger partial charge in [-0.05, 0) is 19.9 Å². The van der Waals surface area contributed by atoms with Gasteiger partial charge in [0.05, 0.1) is 11.9 Å². The number of amides is 1. The molecule has 2 heterocycles. The molecule has 1 unspecified atom stereocenters. The number of rotatable bonds is 4. The van der Waals surface area contributed by atoms with Crippen molar-refractivity contribution >= 4 is 11.6 Å². The normalized spacial score (nSPS) is 12.1. The molecule has 0 spiro atoms. The summed E-state index contributed by atoms with van der Waals surface area (Å²) >= 11 is 0. The van der Waals surface area contributed by atoms with E-state index in [0.717, 1.165) is 5.69 Å². The van der Waals surface area contributed by atoms with Gasteiger partial charge >= 0.3 is 0 Å². The maximum absolute atomic E-state index is 12.1. The first-order chi connectivity index (χ1) is 9.06. The molecule has 0 aromatic carbocycles. The number of hydrogen-bond donors (Lipinski definition) is 2. The summed E-state index contributed by atoms with van der Waals surface area (Å²) in [6.45, 7) is 4.42. The summed E-state index contributed by atoms with van der Waals surface area (Å²) < 4.78 is 1.90. The average Bonchev–Trinajstić information content (AvgIpc) is 2.81. The summed E-state index contributed by atoms with van der Waals surface area (Å²) in [5.74, 6) is -0.211. The molecule has 3 N–H and O–H groups in total. The summed E-state index contributed by atoms with van der Waals surface area (Å²) in [6, 6.07) is 1.66. The second-order valence-electron chi connectivity index (χ2n) is 4.55. The fourth-order valence-electron chi connectivity index (χ4n) is 1.83. The zero-order chi connectivity index (χ0) is 13.8. The van der Waals surface area contributed by atoms with Gasteiger partial charge in [0.1, 0.15) is 0 Å². The molecule has 0 saturated heterocycles. The number of carbonyl (C=O) groups is 1. The van der Waals surface area contributed by atoms with Gasteiger partial charge in [0.15, 0.2) is 0 Å². The molecular formula is C13H17N5O. The predicted molar refractivity (Wildman–Crippen MR) is 72.5 cm³/mol. The number of pyridine rings is 1. The number of nitrogens with two attached hydrogens (primary N) is 1. The van der Waals surface area contributed by atoms with Gasteiger partial charge in [-0.2, -0.15) is 0 Å². The van der Waals surface area contributed by atoms with Crippen LogP contribution in [0.3, 0.4) is 0 Å². The molecule has 0 fully saturated rings. The minimum atomic E-state index is -0.211. The van der Waals surface area contributed by atoms with Crippen LogP contribution in [0.1, 0.15) is 23.0 Å². The van der Waals surface area contributed by atoms with Gasteiger partial charge in [-0.15, -0.1) is 0 Å². The number of nitrogens with zero attached hydrogens (tertiary/aromatic N) is 3. The van der Waals surface area contributed by atoms with E-state index in [0.29, 0.717) is 17.8 Å². The molecular weight excluding hydrogens is 242 g/mol. The Labute approximate surface area is 111 Å². The molecule has 2 aromatic heterocycles. The summed E-state index contributed by atoms with van der Waals surface area (Å²) in [5, 5.41) is 2.89. The van der Waals surface area contributed by atoms with Gasteiger partial charge in [-0.25, -0.2) is 4.98 Å². The van der Waals surface area contributed by atoms with Crippen molar-refractivity contribution in [2.24, 2.45) is 0 Å². The summed E-state index contributed by atoms with van der Waals surface area (Å²) in [5.41, 5.74) is 7.46. The second kappa shape index (κ2) is 5.51. The largest absolute Gasteiger partial charge is 0.398 e. The van der Waals surface area contributed by atoms with E-state index in [9.17, 15) is 4.79 Å². The summed E-state index contributed by atoms with van der Waals surface area (Å²) in [6.07, 6.45) is 6.77. The third-order valence-corrected chi connectivity index (χ3v) is 2.74. The lowest BCUT2D eigenvalue weighted by atomic mass is 10.2. The standard InChI is InChI=1S/C13H17N5O/c1-9-5-12(14)11(6-16-9)13(19)17-10(2)7-18-4-3-15-8-18/h3-6,8,10H,7H2,1-2H3,(H2,14,16)(H,17,19). The second-order valence-corrected chi connectivity index (χ2v) is 4.55. The lowest BCUT2D eigenvalue weighted by molar-refractivity contribution is 0.0937. The van der Waals surface area contributed by atoms with Crippen LogP contribution in [0.4, 0.5) is 5.69 Å². The van der Waals surface area contributed by atoms with Crippen molar-refractivity contribution in [1.29, 1.82) is 0 Å². The minimum Gasteiger partial charge on any atom is -0.398 e. The maximum Gasteiger partial charge on any atom is 0.255 e. The van der Waals surface area contributed by atoms with E-state index >= 15 is 0 Å². The Morgan fingerprint density at radius 2 is 2.37 bits per heavy atom. The first kappa shape index (κ1) is 13.1. The van der Waals surface area contributed by atoms with Crippen LogP contribution in [-0.4, -0.2) is 26.5 Å². The molecule has 6 nitrogen and oxygen atoms in total. The number of aryl methyl sites for hydroxylation is 1. The van der Waals surface area contributed by atoms with E-state index in [1.54, 1.807) is 18.6 Å². The predicted octanol–water partition coefficient (Wildman–Crippen LogP) is 0.987. The number of imidazole rings is 1. The van der Waals surface area contributed by atoms with Crippen LogP contribution in [0, 0.1) is 6.92 Å². The molecule has 1 atom stereocenters. The first-order valence-electron chi connectivity index (χ1n) is 6.05. The monoisotopic (exact) mass is 259 g/mol. The highest BCUT2D eigenvalue weighted by Crippen LogP contribution is 2.11. The molecule has 0 bridgehead atoms. The van der Waals surface area contributed by atoms with Crippen LogP contribution in [-0.2, 0) is 6.54 Å². The number of nitrogen functional groups attached to an aromatic ring is 1. The van der Waals surface area contributed by atoms with Crippen molar-refractivity contribution in [3.8, 4) is 0 Å². The van der Waals surface area contributed by atoms with E-state index in [1.807, 2.05) is 24.6 Å². The lowest BCUT2D eigenvalue weighted by Crippen LogP contribution is -2.35. The van der Waals surface area contributed by atoms with Crippen molar-refractivity contribution in [1.82, 2.24) is 19.9 Å². The zero-order valence-corrected chi connectivity index (χ0v) is 11.0. The van der Waals surface area contributed by atoms with Gasteiger partial charge in [0.2, 0.25) is 0 Å². The van der Waals surface area contributed by atoms with Crippen LogP contribution in [0.2, 0.25) is 0 Å². The van der Waals surface area contributed by atoms with E-state index < -0.39 is 0 Å². The molecule has 2 aromatic rings. The Morgan fingerprint density at radius 3 is 3.00 bits per heavy atom. The van der Waals surface area contributed by atoms with Crippen molar-refractivity contribution in [3.63, 3.8) is 0 Å². The molecule has 100 valence electrons. The highest BCUT2D eigenvalue weighted by atomic mass is 16.1. The fraction of sp³-hybridized carbons (Fsp3) is 0.308. The summed E-state index contributed by atoms with van der Waals surface area (Å²) in [4.78, 5) is 20.1. The number of carbonyl (C=O) groups excluding carboxylic acids is 1. The third kappa shape index (κ3) is 3.31. The molecule has 0 aliphatic rings. The van der Waals surface area contributed by atoms with Crippen LogP contribution in [0.15, 0.2) is 31.0 Å². The molecule has 0 saturated carbocycles. The van der Waals surface area contributed by atoms with Crippen molar-refractivity contribution in [2.45, 2.75) is 26.4 Å². The van der Waals surface area contributed by atoms with Gasteiger partial charge in [0, 0.05) is 42.6 Å². The average molecular weight is 259 g/mol. The quantitative estimate of drug-likeness (QED) is 0.857. The minimum absolute atomic E-state index is 0.0256. The zero-order valence-electron chi connectivity index (χ0n) is 11.0. The third-order valence-electron chi connectivity index (χ3n) is 2.74. The van der Waals surface area contributed by atoms with Crippen LogP contribution in [0.5, 0.6) is 0 Å². The fourth-order valence-corrected chi connectivity index (χ4v) is 1.83. The van der Waals surface area contributed by atoms with Gasteiger partial charge in [0.25, 0.3) is 5.91 Å². The molecule has 0 aliphatic heterocycles. The Kier molecular flexibility index (Phi) is 3.79. The van der Waals surface area contributed by atoms with Crippen molar-refractivity contribution in [2.75, 3.05) is 5.73 Å². The van der Waals surface area contributed by atoms with E-state index in [4.69, 9.17) is 5.73 Å². The topological polar surface area (TPSA) is 85.8 Å². The first-order valence-corrected chi connectivity index (χ1v) is 6.05. The number of aromatic nitrogens is 3. The van der Waals surface area contributed by atoms with E-state index in [-0.39, 0.29) is 11.9 Å². The molecule has 0 radical (unpaired) electrons. The SMILES string of the molecule is Cc1cc(N)c(C(=O)NC(C)Cn2ccnc2)cn1. The van der Waals surface area contributed by atoms with Crippen molar-refractivity contribution < 1.29 is 4.79 Å². The van der Waals surface area contributed by atoms with Gasteiger partial charge < -0.3 is 15.6 Å². The highest BCUT2D eigenvalue weighted by molar-refractivity contribution is 5.98. The van der Waals surface area contributed by atoms with Crippen LogP contribution < -0.4 is 11.1 Å². The smallest absolute Gasteiger partial charge is 0.255 e. The summed E-state index contributed by atoms with van der Waals surface area (Å²) in [7, 11) is 0. The Balaban J connectivity index is 2.00. The van der Waals surface area contributed by atoms with E-state index in [2.05, 4.69) is 15.3 Å². The molecule has 1 amide bonds. The number of nitrogens with one attached hydrogen (secondary N) is 1. The van der Waals surface area contributed by atoms with Gasteiger partial charge in [-0.3, -0.25) is 9.78 Å². The number of hydrogen-bond acceptors (Lipinski definition) is 4. The molecule has 19 heavy (non-hydrogen) atoms. The van der Waals surface area contributed by atoms with Crippen LogP contribution in [0.25, 0.3) is 0 Å². The van der Waals surface area contributed by atoms with Crippen LogP contribution >= 0.6 is 0 Å². The van der Waals surface area contributed by atoms with Gasteiger partial charge in [-0.1, -0.05) is 0 Å². The Hall–Kier alpha value is -2.37. The molecule has 6 heteroatoms. The lowest BCUT2D eigenvalue weighted by Gasteiger charge is -2.15. The Morgan fingerprint density at radius 1 is 1.58 bits per heavy atom. The maximum atomic E-state index is 12.1. The van der Waals surface area contributed by atoms with Crippen molar-refractivity contribution in [3.05, 3.63) is 42.2 Å². The number of anilines is 1. The Bertz CT molecular complexity index is 564. The molecule has 2 rings (SSSR count). The highest BCUT2D eigenvalue weighted by Gasteiger charge is 2.13. The molecule has 0 aliphatic carbocycles. The van der Waals surface area contributed by atoms with E-state index in [1.165, 1.54) is 6.20 Å².